The normalized spacial score (nSPS) is 12.0. The summed E-state index contributed by atoms with van der Waals surface area (Å²) in [5, 5.41) is 8.77. The lowest BCUT2D eigenvalue weighted by molar-refractivity contribution is -0.141. The number of carboxylic acid groups (broad SMARTS) is 1. The standard InChI is InChI=1S/C16H22FNO4/c1-11(2)10-18(8-7-15(19)20)16(21)12(3)22-14-6-4-5-13(17)9-14/h4-6,9,11-12H,7-8,10H2,1-3H3,(H,19,20). The molecule has 0 saturated heterocycles. The molecule has 1 aromatic carbocycles. The summed E-state index contributed by atoms with van der Waals surface area (Å²) in [6.45, 7) is 6.03. The first-order valence-corrected chi connectivity index (χ1v) is 7.22. The zero-order valence-corrected chi connectivity index (χ0v) is 13.1. The molecule has 0 aliphatic carbocycles. The van der Waals surface area contributed by atoms with Crippen molar-refractivity contribution in [3.63, 3.8) is 0 Å². The van der Waals surface area contributed by atoms with Crippen molar-refractivity contribution in [2.45, 2.75) is 33.3 Å². The summed E-state index contributed by atoms with van der Waals surface area (Å²) in [5.74, 6) is -1.23. The maximum Gasteiger partial charge on any atom is 0.305 e. The SMILES string of the molecule is CC(C)CN(CCC(=O)O)C(=O)C(C)Oc1cccc(F)c1. The fraction of sp³-hybridized carbons (Fsp3) is 0.500. The van der Waals surface area contributed by atoms with Crippen molar-refractivity contribution < 1.29 is 23.8 Å². The van der Waals surface area contributed by atoms with Gasteiger partial charge in [-0.15, -0.1) is 0 Å². The zero-order valence-electron chi connectivity index (χ0n) is 13.1. The highest BCUT2D eigenvalue weighted by molar-refractivity contribution is 5.81. The lowest BCUT2D eigenvalue weighted by Gasteiger charge is -2.27. The van der Waals surface area contributed by atoms with Gasteiger partial charge in [0.25, 0.3) is 5.91 Å². The first-order chi connectivity index (χ1) is 10.3. The van der Waals surface area contributed by atoms with Gasteiger partial charge >= 0.3 is 5.97 Å². The molecule has 1 N–H and O–H groups in total. The van der Waals surface area contributed by atoms with E-state index >= 15 is 0 Å². The molecule has 1 atom stereocenters. The minimum absolute atomic E-state index is 0.120. The van der Waals surface area contributed by atoms with Crippen molar-refractivity contribution in [1.82, 2.24) is 4.90 Å². The van der Waals surface area contributed by atoms with E-state index in [0.29, 0.717) is 6.54 Å². The van der Waals surface area contributed by atoms with Crippen LogP contribution >= 0.6 is 0 Å². The third-order valence-electron chi connectivity index (χ3n) is 2.95. The Labute approximate surface area is 129 Å². The molecule has 0 bridgehead atoms. The number of carbonyl (C=O) groups is 2. The number of hydrogen-bond donors (Lipinski definition) is 1. The lowest BCUT2D eigenvalue weighted by Crippen LogP contribution is -2.43. The molecule has 6 heteroatoms. The molecule has 122 valence electrons. The number of amides is 1. The van der Waals surface area contributed by atoms with Crippen LogP contribution in [0.5, 0.6) is 5.75 Å². The Hall–Kier alpha value is -2.11. The Morgan fingerprint density at radius 2 is 2.00 bits per heavy atom. The van der Waals surface area contributed by atoms with Crippen LogP contribution in [0.15, 0.2) is 24.3 Å². The molecular formula is C16H22FNO4. The van der Waals surface area contributed by atoms with Crippen molar-refractivity contribution in [2.24, 2.45) is 5.92 Å². The first kappa shape index (κ1) is 17.9. The molecule has 0 spiro atoms. The molecule has 0 aliphatic heterocycles. The average Bonchev–Trinajstić information content (AvgIpc) is 2.42. The quantitative estimate of drug-likeness (QED) is 0.801. The zero-order chi connectivity index (χ0) is 16.7. The summed E-state index contributed by atoms with van der Waals surface area (Å²) in [4.78, 5) is 24.6. The molecule has 0 radical (unpaired) electrons. The van der Waals surface area contributed by atoms with Crippen molar-refractivity contribution >= 4 is 11.9 Å². The minimum atomic E-state index is -0.958. The number of carbonyl (C=O) groups excluding carboxylic acids is 1. The Morgan fingerprint density at radius 1 is 1.32 bits per heavy atom. The largest absolute Gasteiger partial charge is 0.481 e. The van der Waals surface area contributed by atoms with Crippen molar-refractivity contribution in [3.8, 4) is 5.75 Å². The van der Waals surface area contributed by atoms with Crippen LogP contribution in [-0.4, -0.2) is 41.1 Å². The van der Waals surface area contributed by atoms with Gasteiger partial charge in [-0.25, -0.2) is 4.39 Å². The number of hydrogen-bond acceptors (Lipinski definition) is 3. The molecule has 0 aliphatic rings. The molecule has 0 saturated carbocycles. The number of rotatable bonds is 8. The molecular weight excluding hydrogens is 289 g/mol. The monoisotopic (exact) mass is 311 g/mol. The van der Waals surface area contributed by atoms with Crippen LogP contribution in [0.2, 0.25) is 0 Å². The van der Waals surface area contributed by atoms with Crippen LogP contribution in [0.3, 0.4) is 0 Å². The number of carboxylic acids is 1. The summed E-state index contributed by atoms with van der Waals surface area (Å²) in [6.07, 6.45) is -0.931. The molecule has 5 nitrogen and oxygen atoms in total. The van der Waals surface area contributed by atoms with E-state index in [1.54, 1.807) is 13.0 Å². The van der Waals surface area contributed by atoms with Gasteiger partial charge in [0, 0.05) is 19.2 Å². The molecule has 1 amide bonds. The van der Waals surface area contributed by atoms with Crippen LogP contribution in [0.4, 0.5) is 4.39 Å². The van der Waals surface area contributed by atoms with Gasteiger partial charge in [0.1, 0.15) is 11.6 Å². The topological polar surface area (TPSA) is 66.8 Å². The molecule has 1 aromatic rings. The van der Waals surface area contributed by atoms with E-state index in [2.05, 4.69) is 0 Å². The molecule has 1 rings (SSSR count). The van der Waals surface area contributed by atoms with Crippen LogP contribution in [-0.2, 0) is 9.59 Å². The van der Waals surface area contributed by atoms with Gasteiger partial charge in [-0.2, -0.15) is 0 Å². The highest BCUT2D eigenvalue weighted by Crippen LogP contribution is 2.15. The van der Waals surface area contributed by atoms with Gasteiger partial charge in [-0.1, -0.05) is 19.9 Å². The van der Waals surface area contributed by atoms with Crippen LogP contribution < -0.4 is 4.74 Å². The summed E-state index contributed by atoms with van der Waals surface area (Å²) in [7, 11) is 0. The van der Waals surface area contributed by atoms with E-state index in [-0.39, 0.29) is 30.5 Å². The van der Waals surface area contributed by atoms with Crippen molar-refractivity contribution in [2.75, 3.05) is 13.1 Å². The number of ether oxygens (including phenoxy) is 1. The second-order valence-electron chi connectivity index (χ2n) is 5.54. The maximum atomic E-state index is 13.1. The Kier molecular flexibility index (Phi) is 6.82. The maximum absolute atomic E-state index is 13.1. The van der Waals surface area contributed by atoms with Crippen molar-refractivity contribution in [3.05, 3.63) is 30.1 Å². The summed E-state index contributed by atoms with van der Waals surface area (Å²) in [5.41, 5.74) is 0. The van der Waals surface area contributed by atoms with E-state index in [9.17, 15) is 14.0 Å². The Bertz CT molecular complexity index is 519. The van der Waals surface area contributed by atoms with Crippen molar-refractivity contribution in [1.29, 1.82) is 0 Å². The predicted molar refractivity (Wildman–Crippen MR) is 80.2 cm³/mol. The van der Waals surface area contributed by atoms with E-state index < -0.39 is 17.9 Å². The fourth-order valence-corrected chi connectivity index (χ4v) is 2.01. The second-order valence-corrected chi connectivity index (χ2v) is 5.54. The van der Waals surface area contributed by atoms with E-state index in [0.717, 1.165) is 0 Å². The van der Waals surface area contributed by atoms with E-state index in [1.165, 1.54) is 23.1 Å². The smallest absolute Gasteiger partial charge is 0.305 e. The third-order valence-corrected chi connectivity index (χ3v) is 2.95. The van der Waals surface area contributed by atoms with Gasteiger partial charge in [-0.05, 0) is 25.0 Å². The highest BCUT2D eigenvalue weighted by Gasteiger charge is 2.23. The molecule has 1 unspecified atom stereocenters. The summed E-state index contributed by atoms with van der Waals surface area (Å²) < 4.78 is 18.6. The summed E-state index contributed by atoms with van der Waals surface area (Å²) >= 11 is 0. The first-order valence-electron chi connectivity index (χ1n) is 7.22. The highest BCUT2D eigenvalue weighted by atomic mass is 19.1. The number of benzene rings is 1. The summed E-state index contributed by atoms with van der Waals surface area (Å²) in [6, 6.07) is 5.56. The van der Waals surface area contributed by atoms with Gasteiger partial charge in [0.15, 0.2) is 6.10 Å². The Balaban J connectivity index is 2.71. The molecule has 0 fully saturated rings. The molecule has 0 aromatic heterocycles. The molecule has 22 heavy (non-hydrogen) atoms. The fourth-order valence-electron chi connectivity index (χ4n) is 2.01. The third kappa shape index (κ3) is 6.11. The van der Waals surface area contributed by atoms with Crippen LogP contribution in [0, 0.1) is 11.7 Å². The minimum Gasteiger partial charge on any atom is -0.481 e. The predicted octanol–water partition coefficient (Wildman–Crippen LogP) is 2.55. The van der Waals surface area contributed by atoms with Gasteiger partial charge in [-0.3, -0.25) is 9.59 Å². The number of nitrogens with zero attached hydrogens (tertiary/aromatic N) is 1. The Morgan fingerprint density at radius 3 is 2.55 bits per heavy atom. The van der Waals surface area contributed by atoms with Crippen LogP contribution in [0.1, 0.15) is 27.2 Å². The van der Waals surface area contributed by atoms with Gasteiger partial charge < -0.3 is 14.7 Å². The van der Waals surface area contributed by atoms with Gasteiger partial charge in [0.05, 0.1) is 6.42 Å². The molecule has 0 heterocycles. The van der Waals surface area contributed by atoms with E-state index in [1.807, 2.05) is 13.8 Å². The van der Waals surface area contributed by atoms with Crippen LogP contribution in [0.25, 0.3) is 0 Å². The lowest BCUT2D eigenvalue weighted by atomic mass is 10.2. The average molecular weight is 311 g/mol. The van der Waals surface area contributed by atoms with E-state index in [4.69, 9.17) is 9.84 Å². The van der Waals surface area contributed by atoms with Gasteiger partial charge in [0.2, 0.25) is 0 Å². The number of aliphatic carboxylic acids is 1. The number of halogens is 1. The second kappa shape index (κ2) is 8.36.